The van der Waals surface area contributed by atoms with E-state index in [0.717, 1.165) is 46.2 Å². The van der Waals surface area contributed by atoms with Crippen molar-refractivity contribution < 1.29 is 31.6 Å². The molecule has 45 heavy (non-hydrogen) atoms. The van der Waals surface area contributed by atoms with Crippen molar-refractivity contribution in [2.24, 2.45) is 0 Å². The number of nitro benzene ring substituents is 1. The van der Waals surface area contributed by atoms with E-state index in [0.29, 0.717) is 20.6 Å². The van der Waals surface area contributed by atoms with Crippen LogP contribution in [0, 0.1) is 21.7 Å². The number of benzene rings is 2. The van der Waals surface area contributed by atoms with Gasteiger partial charge in [0.15, 0.2) is 12.4 Å². The molecular formula is C28H21F5N6O5S. The first kappa shape index (κ1) is 31.4. The van der Waals surface area contributed by atoms with Crippen LogP contribution in [0.15, 0.2) is 64.2 Å². The Morgan fingerprint density at radius 2 is 1.64 bits per heavy atom. The molecule has 3 aromatic heterocycles. The predicted molar refractivity (Wildman–Crippen MR) is 154 cm³/mol. The Labute approximate surface area is 253 Å². The van der Waals surface area contributed by atoms with Crippen molar-refractivity contribution in [2.75, 3.05) is 20.7 Å². The van der Waals surface area contributed by atoms with Crippen LogP contribution in [0.25, 0.3) is 26.5 Å². The summed E-state index contributed by atoms with van der Waals surface area (Å²) in [7, 11) is 3.44. The molecule has 17 heteroatoms. The second-order valence-electron chi connectivity index (χ2n) is 9.97. The van der Waals surface area contributed by atoms with Crippen LogP contribution in [-0.4, -0.2) is 56.0 Å². The second kappa shape index (κ2) is 12.2. The maximum absolute atomic E-state index is 14.8. The van der Waals surface area contributed by atoms with Gasteiger partial charge in [-0.2, -0.15) is 13.2 Å². The fourth-order valence-electron chi connectivity index (χ4n) is 4.55. The van der Waals surface area contributed by atoms with Crippen molar-refractivity contribution in [1.82, 2.24) is 24.2 Å². The molecule has 11 nitrogen and oxygen atoms in total. The van der Waals surface area contributed by atoms with Gasteiger partial charge < -0.3 is 9.64 Å². The van der Waals surface area contributed by atoms with E-state index in [-0.39, 0.29) is 28.3 Å². The second-order valence-corrected chi connectivity index (χ2v) is 11.0. The monoisotopic (exact) mass is 648 g/mol. The summed E-state index contributed by atoms with van der Waals surface area (Å²) < 4.78 is 73.5. The largest absolute Gasteiger partial charge is 0.467 e. The lowest BCUT2D eigenvalue weighted by Crippen LogP contribution is -2.39. The molecule has 0 fully saturated rings. The van der Waals surface area contributed by atoms with Gasteiger partial charge in [-0.25, -0.2) is 18.1 Å². The number of non-ortho nitro benzene ring substituents is 1. The van der Waals surface area contributed by atoms with Gasteiger partial charge >= 0.3 is 11.9 Å². The predicted octanol–water partition coefficient (Wildman–Crippen LogP) is 4.91. The number of alkyl halides is 3. The topological polar surface area (TPSA) is 125 Å². The molecule has 2 aromatic carbocycles. The van der Waals surface area contributed by atoms with Crippen LogP contribution in [0.5, 0.6) is 5.88 Å². The van der Waals surface area contributed by atoms with Gasteiger partial charge in [0, 0.05) is 35.2 Å². The van der Waals surface area contributed by atoms with E-state index in [9.17, 15) is 41.7 Å². The van der Waals surface area contributed by atoms with Gasteiger partial charge in [0.1, 0.15) is 16.5 Å². The third-order valence-electron chi connectivity index (χ3n) is 6.50. The first-order valence-electron chi connectivity index (χ1n) is 12.9. The van der Waals surface area contributed by atoms with Gasteiger partial charge in [-0.05, 0) is 55.6 Å². The number of hydrogen-bond donors (Lipinski definition) is 0. The van der Waals surface area contributed by atoms with Crippen molar-refractivity contribution in [3.8, 4) is 22.1 Å². The zero-order valence-electron chi connectivity index (χ0n) is 23.3. The Morgan fingerprint density at radius 3 is 2.20 bits per heavy atom. The number of rotatable bonds is 9. The number of nitro groups is 1. The number of nitrogens with zero attached hydrogens (tertiary/aromatic N) is 6. The molecule has 0 saturated heterocycles. The molecule has 0 unspecified atom stereocenters. The molecule has 5 rings (SSSR count). The SMILES string of the molecule is CN(C)Cc1c(-c2ccc([N+](=O)[O-])cc2)sc2c1c(=O)n(-c1ccc(OCC(F)(F)F)nn1)c(=O)n2Cc1c(F)cccc1F. The lowest BCUT2D eigenvalue weighted by atomic mass is 10.1. The molecule has 0 aliphatic rings. The van der Waals surface area contributed by atoms with Gasteiger partial charge in [0.25, 0.3) is 11.2 Å². The van der Waals surface area contributed by atoms with Gasteiger partial charge in [0.05, 0.1) is 16.9 Å². The van der Waals surface area contributed by atoms with Crippen molar-refractivity contribution >= 4 is 27.2 Å². The third kappa shape index (κ3) is 6.44. The van der Waals surface area contributed by atoms with Crippen LogP contribution in [0.1, 0.15) is 11.1 Å². The van der Waals surface area contributed by atoms with Crippen molar-refractivity contribution in [2.45, 2.75) is 19.3 Å². The highest BCUT2D eigenvalue weighted by Gasteiger charge is 2.29. The molecular weight excluding hydrogens is 627 g/mol. The van der Waals surface area contributed by atoms with Crippen molar-refractivity contribution in [3.63, 3.8) is 0 Å². The minimum absolute atomic E-state index is 0.00222. The highest BCUT2D eigenvalue weighted by atomic mass is 32.1. The highest BCUT2D eigenvalue weighted by Crippen LogP contribution is 2.38. The van der Waals surface area contributed by atoms with E-state index in [1.54, 1.807) is 19.0 Å². The van der Waals surface area contributed by atoms with E-state index >= 15 is 0 Å². The molecule has 0 aliphatic carbocycles. The van der Waals surface area contributed by atoms with Crippen LogP contribution in [0.2, 0.25) is 0 Å². The zero-order valence-corrected chi connectivity index (χ0v) is 24.2. The normalized spacial score (nSPS) is 11.8. The summed E-state index contributed by atoms with van der Waals surface area (Å²) >= 11 is 0.980. The van der Waals surface area contributed by atoms with Gasteiger partial charge in [-0.3, -0.25) is 19.5 Å². The molecule has 5 aromatic rings. The Hall–Kier alpha value is -5.03. The Kier molecular flexibility index (Phi) is 8.48. The Bertz CT molecular complexity index is 2000. The summed E-state index contributed by atoms with van der Waals surface area (Å²) in [6, 6.07) is 10.7. The molecule has 0 bridgehead atoms. The average Bonchev–Trinajstić information content (AvgIpc) is 3.34. The fraction of sp³-hybridized carbons (Fsp3) is 0.214. The van der Waals surface area contributed by atoms with E-state index in [1.165, 1.54) is 24.3 Å². The molecule has 0 saturated carbocycles. The van der Waals surface area contributed by atoms with Gasteiger partial charge in [0.2, 0.25) is 5.88 Å². The summed E-state index contributed by atoms with van der Waals surface area (Å²) in [6.45, 7) is -2.15. The minimum atomic E-state index is -4.65. The number of thiophene rings is 1. The Balaban J connectivity index is 1.79. The first-order valence-corrected chi connectivity index (χ1v) is 13.7. The van der Waals surface area contributed by atoms with Crippen molar-refractivity contribution in [1.29, 1.82) is 0 Å². The molecule has 0 spiro atoms. The summed E-state index contributed by atoms with van der Waals surface area (Å²) in [4.78, 5) is 40.9. The molecule has 0 amide bonds. The molecule has 0 aliphatic heterocycles. The van der Waals surface area contributed by atoms with Gasteiger partial charge in [-0.15, -0.1) is 21.5 Å². The summed E-state index contributed by atoms with van der Waals surface area (Å²) in [5.41, 5.74) is -1.68. The smallest absolute Gasteiger partial charge is 0.422 e. The lowest BCUT2D eigenvalue weighted by Gasteiger charge is -2.14. The molecule has 0 N–H and O–H groups in total. The quantitative estimate of drug-likeness (QED) is 0.126. The molecule has 3 heterocycles. The van der Waals surface area contributed by atoms with E-state index in [4.69, 9.17) is 0 Å². The number of hydrogen-bond acceptors (Lipinski definition) is 9. The number of fused-ring (bicyclic) bond motifs is 1. The lowest BCUT2D eigenvalue weighted by molar-refractivity contribution is -0.384. The molecule has 0 radical (unpaired) electrons. The summed E-state index contributed by atoms with van der Waals surface area (Å²) in [6.07, 6.45) is -4.65. The first-order chi connectivity index (χ1) is 21.2. The minimum Gasteiger partial charge on any atom is -0.467 e. The van der Waals surface area contributed by atoms with E-state index < -0.39 is 58.6 Å². The summed E-state index contributed by atoms with van der Waals surface area (Å²) in [5.74, 6) is -2.80. The Morgan fingerprint density at radius 1 is 0.978 bits per heavy atom. The average molecular weight is 649 g/mol. The van der Waals surface area contributed by atoms with Crippen LogP contribution >= 0.6 is 11.3 Å². The maximum Gasteiger partial charge on any atom is 0.422 e. The van der Waals surface area contributed by atoms with Crippen LogP contribution in [-0.2, 0) is 13.1 Å². The van der Waals surface area contributed by atoms with Crippen LogP contribution in [0.4, 0.5) is 27.6 Å². The molecule has 234 valence electrons. The third-order valence-corrected chi connectivity index (χ3v) is 7.81. The highest BCUT2D eigenvalue weighted by molar-refractivity contribution is 7.22. The fourth-order valence-corrected chi connectivity index (χ4v) is 5.85. The van der Waals surface area contributed by atoms with Crippen molar-refractivity contribution in [3.05, 3.63) is 108 Å². The van der Waals surface area contributed by atoms with Crippen LogP contribution < -0.4 is 16.0 Å². The standard InChI is InChI=1S/C28H21F5N6O5S/c1-36(2)12-18-23-25(40)38(21-10-11-22(35-34-21)44-14-28(31,32)33)27(41)37(13-17-19(29)4-3-5-20(17)30)26(23)45-24(18)15-6-8-16(9-7-15)39(42)43/h3-11H,12-14H2,1-2H3. The number of aromatic nitrogens is 4. The van der Waals surface area contributed by atoms with Gasteiger partial charge in [-0.1, -0.05) is 6.07 Å². The zero-order chi connectivity index (χ0) is 32.6. The molecule has 0 atom stereocenters. The number of halogens is 5. The maximum atomic E-state index is 14.8. The summed E-state index contributed by atoms with van der Waals surface area (Å²) in [5, 5.41) is 18.5. The van der Waals surface area contributed by atoms with E-state index in [1.807, 2.05) is 0 Å². The van der Waals surface area contributed by atoms with Crippen LogP contribution in [0.3, 0.4) is 0 Å². The number of ether oxygens (including phenoxy) is 1. The van der Waals surface area contributed by atoms with E-state index in [2.05, 4.69) is 14.9 Å².